The Bertz CT molecular complexity index is 272. The molecule has 4 nitrogen and oxygen atoms in total. The van der Waals surface area contributed by atoms with E-state index >= 15 is 0 Å². The van der Waals surface area contributed by atoms with Gasteiger partial charge in [0, 0.05) is 18.9 Å². The first kappa shape index (κ1) is 7.53. The molecule has 0 saturated carbocycles. The number of nitrogens with zero attached hydrogens (tertiary/aromatic N) is 1. The van der Waals surface area contributed by atoms with Gasteiger partial charge in [-0.2, -0.15) is 0 Å². The number of nitrogens with two attached hydrogens (primary N) is 1. The van der Waals surface area contributed by atoms with Crippen molar-refractivity contribution in [3.8, 4) is 0 Å². The molecule has 0 aliphatic carbocycles. The molecule has 0 saturated heterocycles. The van der Waals surface area contributed by atoms with Crippen LogP contribution in [-0.2, 0) is 0 Å². The number of hydrogen-bond acceptors (Lipinski definition) is 3. The van der Waals surface area contributed by atoms with Gasteiger partial charge in [-0.15, -0.1) is 0 Å². The summed E-state index contributed by atoms with van der Waals surface area (Å²) in [6.07, 6.45) is 1.53. The molecule has 0 spiro atoms. The molecule has 11 heavy (non-hydrogen) atoms. The first-order valence-electron chi connectivity index (χ1n) is 3.17. The summed E-state index contributed by atoms with van der Waals surface area (Å²) in [7, 11) is 1.76. The Morgan fingerprint density at radius 3 is 3.00 bits per heavy atom. The van der Waals surface area contributed by atoms with Gasteiger partial charge in [0.15, 0.2) is 0 Å². The normalized spacial score (nSPS) is 9.18. The minimum Gasteiger partial charge on any atom is -0.388 e. The van der Waals surface area contributed by atoms with Crippen molar-refractivity contribution in [3.05, 3.63) is 24.0 Å². The Labute approximate surface area is 64.4 Å². The third-order valence-electron chi connectivity index (χ3n) is 1.30. The zero-order valence-electron chi connectivity index (χ0n) is 6.16. The summed E-state index contributed by atoms with van der Waals surface area (Å²) in [5, 5.41) is 2.87. The Balaban J connectivity index is 3.01. The van der Waals surface area contributed by atoms with E-state index in [2.05, 4.69) is 10.3 Å². The molecule has 0 radical (unpaired) electrons. The fourth-order valence-corrected chi connectivity index (χ4v) is 0.721. The Hall–Kier alpha value is -1.58. The minimum atomic E-state index is -0.512. The monoisotopic (exact) mass is 151 g/mol. The van der Waals surface area contributed by atoms with Crippen LogP contribution in [0.2, 0.25) is 0 Å². The number of primary amides is 1. The van der Waals surface area contributed by atoms with Gasteiger partial charge in [-0.25, -0.2) is 0 Å². The molecule has 0 bridgehead atoms. The third kappa shape index (κ3) is 1.67. The lowest BCUT2D eigenvalue weighted by molar-refractivity contribution is 0.0995. The summed E-state index contributed by atoms with van der Waals surface area (Å²) in [5.74, 6) is -0.512. The second-order valence-corrected chi connectivity index (χ2v) is 2.04. The van der Waals surface area contributed by atoms with Crippen LogP contribution in [0.5, 0.6) is 0 Å². The number of rotatable bonds is 2. The molecule has 0 atom stereocenters. The van der Waals surface area contributed by atoms with Crippen molar-refractivity contribution in [3.63, 3.8) is 0 Å². The molecule has 0 aliphatic rings. The quantitative estimate of drug-likeness (QED) is 0.635. The molecule has 0 aliphatic heterocycles. The summed E-state index contributed by atoms with van der Waals surface area (Å²) < 4.78 is 0. The highest BCUT2D eigenvalue weighted by Crippen LogP contribution is 2.05. The first-order chi connectivity index (χ1) is 5.24. The van der Waals surface area contributed by atoms with Crippen LogP contribution in [0.3, 0.4) is 0 Å². The molecule has 4 heteroatoms. The van der Waals surface area contributed by atoms with Crippen molar-refractivity contribution >= 4 is 11.6 Å². The molecule has 0 aromatic carbocycles. The highest BCUT2D eigenvalue weighted by molar-refractivity contribution is 5.91. The van der Waals surface area contributed by atoms with Crippen molar-refractivity contribution in [1.82, 2.24) is 4.98 Å². The predicted octanol–water partition coefficient (Wildman–Crippen LogP) is 0.222. The maximum atomic E-state index is 10.6. The van der Waals surface area contributed by atoms with Crippen LogP contribution < -0.4 is 11.1 Å². The predicted molar refractivity (Wildman–Crippen MR) is 42.3 cm³/mol. The lowest BCUT2D eigenvalue weighted by Crippen LogP contribution is -2.12. The van der Waals surface area contributed by atoms with E-state index in [1.54, 1.807) is 19.2 Å². The molecular weight excluding hydrogens is 142 g/mol. The molecule has 3 N–H and O–H groups in total. The van der Waals surface area contributed by atoms with E-state index in [-0.39, 0.29) is 5.69 Å². The van der Waals surface area contributed by atoms with Crippen LogP contribution in [0.25, 0.3) is 0 Å². The largest absolute Gasteiger partial charge is 0.388 e. The van der Waals surface area contributed by atoms with Gasteiger partial charge in [0.25, 0.3) is 5.91 Å². The lowest BCUT2D eigenvalue weighted by atomic mass is 10.3. The molecule has 1 aromatic rings. The first-order valence-corrected chi connectivity index (χ1v) is 3.17. The number of carbonyl (C=O) groups is 1. The van der Waals surface area contributed by atoms with Crippen LogP contribution in [0.1, 0.15) is 10.5 Å². The van der Waals surface area contributed by atoms with Crippen molar-refractivity contribution in [2.75, 3.05) is 12.4 Å². The van der Waals surface area contributed by atoms with Gasteiger partial charge in [-0.05, 0) is 12.1 Å². The van der Waals surface area contributed by atoms with E-state index in [1.165, 1.54) is 6.20 Å². The fourth-order valence-electron chi connectivity index (χ4n) is 0.721. The maximum absolute atomic E-state index is 10.6. The van der Waals surface area contributed by atoms with E-state index in [0.717, 1.165) is 5.69 Å². The molecule has 1 aromatic heterocycles. The summed E-state index contributed by atoms with van der Waals surface area (Å²) in [4.78, 5) is 14.4. The van der Waals surface area contributed by atoms with Gasteiger partial charge in [-0.1, -0.05) is 0 Å². The van der Waals surface area contributed by atoms with Crippen LogP contribution in [0.15, 0.2) is 18.3 Å². The maximum Gasteiger partial charge on any atom is 0.267 e. The number of pyridine rings is 1. The van der Waals surface area contributed by atoms with Crippen molar-refractivity contribution in [1.29, 1.82) is 0 Å². The van der Waals surface area contributed by atoms with Gasteiger partial charge in [0.1, 0.15) is 5.69 Å². The second kappa shape index (κ2) is 3.01. The number of anilines is 1. The molecule has 0 unspecified atom stereocenters. The minimum absolute atomic E-state index is 0.275. The number of aromatic nitrogens is 1. The highest BCUT2D eigenvalue weighted by atomic mass is 16.1. The van der Waals surface area contributed by atoms with E-state index in [0.29, 0.717) is 0 Å². The van der Waals surface area contributed by atoms with Crippen molar-refractivity contribution in [2.45, 2.75) is 0 Å². The summed E-state index contributed by atoms with van der Waals surface area (Å²) >= 11 is 0. The van der Waals surface area contributed by atoms with Crippen LogP contribution in [0, 0.1) is 0 Å². The van der Waals surface area contributed by atoms with Gasteiger partial charge >= 0.3 is 0 Å². The molecule has 1 amide bonds. The smallest absolute Gasteiger partial charge is 0.267 e. The molecule has 58 valence electrons. The van der Waals surface area contributed by atoms with E-state index < -0.39 is 5.91 Å². The number of hydrogen-bond donors (Lipinski definition) is 2. The second-order valence-electron chi connectivity index (χ2n) is 2.04. The van der Waals surface area contributed by atoms with Gasteiger partial charge in [-0.3, -0.25) is 9.78 Å². The molecule has 1 heterocycles. The Morgan fingerprint density at radius 2 is 2.45 bits per heavy atom. The van der Waals surface area contributed by atoms with Gasteiger partial charge in [0.05, 0.1) is 0 Å². The number of carbonyl (C=O) groups excluding carboxylic acids is 1. The number of nitrogens with one attached hydrogen (secondary N) is 1. The average molecular weight is 151 g/mol. The van der Waals surface area contributed by atoms with Crippen LogP contribution >= 0.6 is 0 Å². The topological polar surface area (TPSA) is 68.0 Å². The van der Waals surface area contributed by atoms with Crippen LogP contribution in [-0.4, -0.2) is 17.9 Å². The van der Waals surface area contributed by atoms with Crippen molar-refractivity contribution in [2.24, 2.45) is 5.73 Å². The third-order valence-corrected chi connectivity index (χ3v) is 1.30. The SMILES string of the molecule is CNc1ccnc(C(N)=O)c1. The fraction of sp³-hybridized carbons (Fsp3) is 0.143. The van der Waals surface area contributed by atoms with Gasteiger partial charge < -0.3 is 11.1 Å². The average Bonchev–Trinajstić information content (AvgIpc) is 2.05. The molecular formula is C7H9N3O. The summed E-state index contributed by atoms with van der Waals surface area (Å²) in [5.41, 5.74) is 6.11. The van der Waals surface area contributed by atoms with E-state index in [4.69, 9.17) is 5.73 Å². The molecule has 0 fully saturated rings. The molecule has 1 rings (SSSR count). The van der Waals surface area contributed by atoms with Crippen LogP contribution in [0.4, 0.5) is 5.69 Å². The highest BCUT2D eigenvalue weighted by Gasteiger charge is 2.00. The zero-order chi connectivity index (χ0) is 8.27. The number of amides is 1. The van der Waals surface area contributed by atoms with E-state index in [1.807, 2.05) is 0 Å². The Morgan fingerprint density at radius 1 is 1.73 bits per heavy atom. The zero-order valence-corrected chi connectivity index (χ0v) is 6.16. The lowest BCUT2D eigenvalue weighted by Gasteiger charge is -1.99. The summed E-state index contributed by atoms with van der Waals surface area (Å²) in [6.45, 7) is 0. The summed E-state index contributed by atoms with van der Waals surface area (Å²) in [6, 6.07) is 3.36. The van der Waals surface area contributed by atoms with E-state index in [9.17, 15) is 4.79 Å². The van der Waals surface area contributed by atoms with Crippen molar-refractivity contribution < 1.29 is 4.79 Å². The standard InChI is InChI=1S/C7H9N3O/c1-9-5-2-3-10-6(4-5)7(8)11/h2-4H,1H3,(H2,8,11)(H,9,10). The van der Waals surface area contributed by atoms with Gasteiger partial charge in [0.2, 0.25) is 0 Å². The Kier molecular flexibility index (Phi) is 2.06.